The lowest BCUT2D eigenvalue weighted by Crippen LogP contribution is -2.30. The molecule has 1 fully saturated rings. The van der Waals surface area contributed by atoms with Crippen molar-refractivity contribution in [2.75, 3.05) is 18.0 Å². The average Bonchev–Trinajstić information content (AvgIpc) is 2.91. The van der Waals surface area contributed by atoms with Gasteiger partial charge in [-0.3, -0.25) is 0 Å². The fraction of sp³-hybridized carbons (Fsp3) is 0.438. The number of allylic oxidation sites excluding steroid dienone is 1. The van der Waals surface area contributed by atoms with E-state index in [9.17, 15) is 0 Å². The molecular formula is C16H21N5. The van der Waals surface area contributed by atoms with Gasteiger partial charge in [-0.05, 0) is 31.8 Å². The quantitative estimate of drug-likeness (QED) is 0.791. The lowest BCUT2D eigenvalue weighted by atomic mass is 10.1. The number of hydrogen-bond acceptors (Lipinski definition) is 4. The second-order valence-corrected chi connectivity index (χ2v) is 5.32. The molecule has 2 aromatic rings. The van der Waals surface area contributed by atoms with Crippen molar-refractivity contribution in [2.45, 2.75) is 32.2 Å². The van der Waals surface area contributed by atoms with Crippen LogP contribution in [-0.4, -0.2) is 32.6 Å². The molecule has 3 heterocycles. The molecule has 21 heavy (non-hydrogen) atoms. The topological polar surface area (TPSA) is 46.8 Å². The van der Waals surface area contributed by atoms with Crippen molar-refractivity contribution >= 4 is 23.1 Å². The van der Waals surface area contributed by atoms with E-state index in [2.05, 4.69) is 32.6 Å². The Morgan fingerprint density at radius 2 is 1.95 bits per heavy atom. The molecule has 5 heteroatoms. The number of piperidine rings is 1. The van der Waals surface area contributed by atoms with E-state index in [-0.39, 0.29) is 0 Å². The van der Waals surface area contributed by atoms with Crippen molar-refractivity contribution in [3.05, 3.63) is 31.4 Å². The molecule has 1 aliphatic rings. The molecule has 110 valence electrons. The first kappa shape index (κ1) is 13.8. The molecule has 2 aromatic heterocycles. The van der Waals surface area contributed by atoms with Crippen molar-refractivity contribution in [1.82, 2.24) is 19.5 Å². The number of aryl methyl sites for hydroxylation is 1. The van der Waals surface area contributed by atoms with Gasteiger partial charge in [0.1, 0.15) is 12.2 Å². The van der Waals surface area contributed by atoms with E-state index >= 15 is 0 Å². The first-order chi connectivity index (χ1) is 10.3. The first-order valence-electron chi connectivity index (χ1n) is 7.54. The zero-order valence-electron chi connectivity index (χ0n) is 12.3. The van der Waals surface area contributed by atoms with Gasteiger partial charge in [0.2, 0.25) is 0 Å². The molecule has 0 saturated carbocycles. The van der Waals surface area contributed by atoms with Gasteiger partial charge in [0.05, 0.1) is 0 Å². The van der Waals surface area contributed by atoms with Crippen LogP contribution in [0.1, 0.15) is 31.5 Å². The second-order valence-electron chi connectivity index (χ2n) is 5.32. The van der Waals surface area contributed by atoms with Crippen molar-refractivity contribution < 1.29 is 0 Å². The lowest BCUT2D eigenvalue weighted by molar-refractivity contribution is 0.574. The van der Waals surface area contributed by atoms with Gasteiger partial charge in [-0.2, -0.15) is 0 Å². The van der Waals surface area contributed by atoms with Crippen molar-refractivity contribution in [2.24, 2.45) is 0 Å². The molecular weight excluding hydrogens is 262 g/mol. The highest BCUT2D eigenvalue weighted by atomic mass is 15.2. The third kappa shape index (κ3) is 2.55. The zero-order valence-corrected chi connectivity index (χ0v) is 12.3. The maximum atomic E-state index is 4.70. The Morgan fingerprint density at radius 1 is 1.14 bits per heavy atom. The van der Waals surface area contributed by atoms with E-state index in [0.29, 0.717) is 0 Å². The van der Waals surface area contributed by atoms with Crippen LogP contribution in [0.3, 0.4) is 0 Å². The number of rotatable bonds is 5. The average molecular weight is 283 g/mol. The largest absolute Gasteiger partial charge is 0.355 e. The van der Waals surface area contributed by atoms with Gasteiger partial charge >= 0.3 is 0 Å². The number of hydrogen-bond donors (Lipinski definition) is 0. The standard InChI is InChI=1S/C16H21N5/c1-3-5-11-21-13(4-2)19-14-15(17-12-18-16(14)21)20-9-7-6-8-10-20/h3-4,12H,1-2,5-11H2. The highest BCUT2D eigenvalue weighted by Crippen LogP contribution is 2.26. The highest BCUT2D eigenvalue weighted by Gasteiger charge is 2.19. The number of aromatic nitrogens is 4. The summed E-state index contributed by atoms with van der Waals surface area (Å²) in [5.41, 5.74) is 1.78. The van der Waals surface area contributed by atoms with Crippen LogP contribution in [0.4, 0.5) is 5.82 Å². The third-order valence-corrected chi connectivity index (χ3v) is 3.94. The molecule has 0 aromatic carbocycles. The number of fused-ring (bicyclic) bond motifs is 1. The van der Waals surface area contributed by atoms with Crippen LogP contribution in [0.2, 0.25) is 0 Å². The Balaban J connectivity index is 2.08. The van der Waals surface area contributed by atoms with Crippen LogP contribution >= 0.6 is 0 Å². The third-order valence-electron chi connectivity index (χ3n) is 3.94. The number of imidazole rings is 1. The van der Waals surface area contributed by atoms with Gasteiger partial charge in [-0.15, -0.1) is 6.58 Å². The molecule has 1 aliphatic heterocycles. The molecule has 0 aliphatic carbocycles. The van der Waals surface area contributed by atoms with Crippen LogP contribution in [0.5, 0.6) is 0 Å². The van der Waals surface area contributed by atoms with Gasteiger partial charge in [-0.1, -0.05) is 12.7 Å². The first-order valence-corrected chi connectivity index (χ1v) is 7.54. The predicted molar refractivity (Wildman–Crippen MR) is 86.3 cm³/mol. The summed E-state index contributed by atoms with van der Waals surface area (Å²) >= 11 is 0. The Bertz CT molecular complexity index is 652. The molecule has 0 spiro atoms. The lowest BCUT2D eigenvalue weighted by Gasteiger charge is -2.27. The maximum Gasteiger partial charge on any atom is 0.165 e. The number of anilines is 1. The van der Waals surface area contributed by atoms with Gasteiger partial charge < -0.3 is 9.47 Å². The minimum Gasteiger partial charge on any atom is -0.355 e. The normalized spacial score (nSPS) is 15.3. The monoisotopic (exact) mass is 283 g/mol. The molecule has 0 unspecified atom stereocenters. The Labute approximate surface area is 125 Å². The van der Waals surface area contributed by atoms with E-state index in [1.165, 1.54) is 19.3 Å². The summed E-state index contributed by atoms with van der Waals surface area (Å²) in [4.78, 5) is 16.0. The Kier molecular flexibility index (Phi) is 3.99. The van der Waals surface area contributed by atoms with Crippen LogP contribution in [0.15, 0.2) is 25.6 Å². The fourth-order valence-corrected chi connectivity index (χ4v) is 2.88. The summed E-state index contributed by atoms with van der Waals surface area (Å²) in [6.45, 7) is 10.6. The Morgan fingerprint density at radius 3 is 2.67 bits per heavy atom. The zero-order chi connectivity index (χ0) is 14.7. The van der Waals surface area contributed by atoms with Crippen LogP contribution in [-0.2, 0) is 6.54 Å². The molecule has 5 nitrogen and oxygen atoms in total. The van der Waals surface area contributed by atoms with Crippen molar-refractivity contribution in [3.8, 4) is 0 Å². The summed E-state index contributed by atoms with van der Waals surface area (Å²) in [5, 5.41) is 0. The summed E-state index contributed by atoms with van der Waals surface area (Å²) in [7, 11) is 0. The van der Waals surface area contributed by atoms with E-state index < -0.39 is 0 Å². The summed E-state index contributed by atoms with van der Waals surface area (Å²) in [6.07, 6.45) is 9.96. The SMILES string of the molecule is C=CCCn1c(C=C)nc2c(N3CCCCC3)ncnc21. The molecule has 0 bridgehead atoms. The molecule has 0 radical (unpaired) electrons. The highest BCUT2D eigenvalue weighted by molar-refractivity contribution is 5.85. The van der Waals surface area contributed by atoms with E-state index in [4.69, 9.17) is 4.98 Å². The van der Waals surface area contributed by atoms with Gasteiger partial charge in [0.25, 0.3) is 0 Å². The maximum absolute atomic E-state index is 4.70. The second kappa shape index (κ2) is 6.08. The molecule has 1 saturated heterocycles. The summed E-state index contributed by atoms with van der Waals surface area (Å²) < 4.78 is 2.10. The summed E-state index contributed by atoms with van der Waals surface area (Å²) in [6, 6.07) is 0. The van der Waals surface area contributed by atoms with Crippen LogP contribution in [0.25, 0.3) is 17.2 Å². The van der Waals surface area contributed by atoms with E-state index in [0.717, 1.165) is 48.9 Å². The van der Waals surface area contributed by atoms with Gasteiger partial charge in [0.15, 0.2) is 17.0 Å². The van der Waals surface area contributed by atoms with Crippen LogP contribution < -0.4 is 4.90 Å². The fourth-order valence-electron chi connectivity index (χ4n) is 2.88. The minimum absolute atomic E-state index is 0.817. The van der Waals surface area contributed by atoms with Crippen molar-refractivity contribution in [1.29, 1.82) is 0 Å². The molecule has 0 N–H and O–H groups in total. The van der Waals surface area contributed by atoms with Gasteiger partial charge in [0, 0.05) is 19.6 Å². The van der Waals surface area contributed by atoms with E-state index in [1.807, 2.05) is 6.08 Å². The summed E-state index contributed by atoms with van der Waals surface area (Å²) in [5.74, 6) is 1.81. The molecule has 3 rings (SSSR count). The smallest absolute Gasteiger partial charge is 0.165 e. The molecule has 0 amide bonds. The predicted octanol–water partition coefficient (Wildman–Crippen LogP) is 3.04. The van der Waals surface area contributed by atoms with Crippen molar-refractivity contribution in [3.63, 3.8) is 0 Å². The Hall–Kier alpha value is -2.17. The molecule has 0 atom stereocenters. The van der Waals surface area contributed by atoms with Crippen LogP contribution in [0, 0.1) is 0 Å². The van der Waals surface area contributed by atoms with E-state index in [1.54, 1.807) is 12.4 Å². The van der Waals surface area contributed by atoms with Gasteiger partial charge in [-0.25, -0.2) is 15.0 Å². The number of nitrogens with zero attached hydrogens (tertiary/aromatic N) is 5. The minimum atomic E-state index is 0.817.